The van der Waals surface area contributed by atoms with E-state index in [0.29, 0.717) is 34.6 Å². The number of benzene rings is 2. The first-order chi connectivity index (χ1) is 13.5. The average Bonchev–Trinajstić information content (AvgIpc) is 2.93. The largest absolute Gasteiger partial charge is 0.478 e. The van der Waals surface area contributed by atoms with Crippen molar-refractivity contribution < 1.29 is 22.7 Å². The van der Waals surface area contributed by atoms with Crippen LogP contribution >= 0.6 is 0 Å². The van der Waals surface area contributed by atoms with Crippen molar-refractivity contribution in [3.05, 3.63) is 59.7 Å². The number of nitrogens with one attached hydrogen (secondary N) is 1. The van der Waals surface area contributed by atoms with Gasteiger partial charge in [-0.3, -0.25) is 9.59 Å². The van der Waals surface area contributed by atoms with Crippen molar-refractivity contribution in [2.24, 2.45) is 0 Å². The summed E-state index contributed by atoms with van der Waals surface area (Å²) >= 11 is 0. The maximum atomic E-state index is 13.2. The zero-order valence-corrected chi connectivity index (χ0v) is 17.6. The zero-order chi connectivity index (χ0) is 21.4. The lowest BCUT2D eigenvalue weighted by atomic mass is 9.90. The lowest BCUT2D eigenvalue weighted by molar-refractivity contribution is -0.126. The molecule has 1 atom stereocenters. The molecule has 7 heteroatoms. The molecule has 1 unspecified atom stereocenters. The van der Waals surface area contributed by atoms with Crippen molar-refractivity contribution in [3.63, 3.8) is 0 Å². The number of anilines is 1. The Morgan fingerprint density at radius 3 is 2.31 bits per heavy atom. The highest BCUT2D eigenvalue weighted by Crippen LogP contribution is 2.43. The summed E-state index contributed by atoms with van der Waals surface area (Å²) in [4.78, 5) is 24.8. The zero-order valence-electron chi connectivity index (χ0n) is 16.8. The number of carbonyl (C=O) groups excluding carboxylic acids is 2. The Labute approximate surface area is 170 Å². The SMILES string of the molecule is CCC1(C)OC(c2ccc(S(C)(=O)=O)cc2)=C(c2cccc(NC(C)=O)c2)C1=O. The molecule has 0 aromatic heterocycles. The molecule has 1 heterocycles. The van der Waals surface area contributed by atoms with Gasteiger partial charge in [0.1, 0.15) is 5.76 Å². The minimum Gasteiger partial charge on any atom is -0.478 e. The summed E-state index contributed by atoms with van der Waals surface area (Å²) in [5.74, 6) is 0.0432. The van der Waals surface area contributed by atoms with E-state index in [1.165, 1.54) is 19.1 Å². The smallest absolute Gasteiger partial charge is 0.221 e. The molecule has 3 rings (SSSR count). The molecule has 0 saturated heterocycles. The van der Waals surface area contributed by atoms with Gasteiger partial charge in [0.25, 0.3) is 0 Å². The van der Waals surface area contributed by atoms with Crippen LogP contribution in [0.25, 0.3) is 11.3 Å². The van der Waals surface area contributed by atoms with Crippen LogP contribution in [0.4, 0.5) is 5.69 Å². The fourth-order valence-electron chi connectivity index (χ4n) is 3.20. The van der Waals surface area contributed by atoms with Crippen LogP contribution in [0.3, 0.4) is 0 Å². The molecular weight excluding hydrogens is 390 g/mol. The Morgan fingerprint density at radius 2 is 1.76 bits per heavy atom. The van der Waals surface area contributed by atoms with Crippen molar-refractivity contribution in [1.29, 1.82) is 0 Å². The fourth-order valence-corrected chi connectivity index (χ4v) is 3.83. The van der Waals surface area contributed by atoms with Crippen molar-refractivity contribution in [2.45, 2.75) is 37.7 Å². The van der Waals surface area contributed by atoms with Gasteiger partial charge in [-0.05, 0) is 55.3 Å². The molecule has 6 nitrogen and oxygen atoms in total. The topological polar surface area (TPSA) is 89.5 Å². The third-order valence-corrected chi connectivity index (χ3v) is 6.08. The first kappa shape index (κ1) is 20.8. The number of Topliss-reactive ketones (excluding diaryl/α,β-unsaturated/α-hetero) is 1. The van der Waals surface area contributed by atoms with Gasteiger partial charge in [-0.25, -0.2) is 8.42 Å². The van der Waals surface area contributed by atoms with Gasteiger partial charge in [0, 0.05) is 24.4 Å². The van der Waals surface area contributed by atoms with E-state index >= 15 is 0 Å². The van der Waals surface area contributed by atoms with Crippen LogP contribution in [0.2, 0.25) is 0 Å². The molecule has 2 aromatic carbocycles. The molecule has 1 aliphatic rings. The summed E-state index contributed by atoms with van der Waals surface area (Å²) in [7, 11) is -3.33. The lowest BCUT2D eigenvalue weighted by Crippen LogP contribution is -2.32. The molecule has 0 spiro atoms. The Balaban J connectivity index is 2.15. The van der Waals surface area contributed by atoms with Crippen LogP contribution in [-0.2, 0) is 24.2 Å². The Bertz CT molecular complexity index is 1120. The van der Waals surface area contributed by atoms with E-state index in [4.69, 9.17) is 4.74 Å². The molecule has 1 N–H and O–H groups in total. The second kappa shape index (κ2) is 7.48. The van der Waals surface area contributed by atoms with Gasteiger partial charge in [0.2, 0.25) is 11.7 Å². The minimum absolute atomic E-state index is 0.151. The molecule has 0 radical (unpaired) electrons. The summed E-state index contributed by atoms with van der Waals surface area (Å²) < 4.78 is 29.6. The second-order valence-electron chi connectivity index (χ2n) is 7.28. The Hall–Kier alpha value is -2.93. The first-order valence-corrected chi connectivity index (χ1v) is 11.1. The lowest BCUT2D eigenvalue weighted by Gasteiger charge is -2.21. The van der Waals surface area contributed by atoms with E-state index in [2.05, 4.69) is 5.32 Å². The fraction of sp³-hybridized carbons (Fsp3) is 0.273. The maximum absolute atomic E-state index is 13.2. The normalized spacial score (nSPS) is 19.2. The van der Waals surface area contributed by atoms with Crippen LogP contribution in [0.1, 0.15) is 38.3 Å². The molecule has 152 valence electrons. The van der Waals surface area contributed by atoms with Gasteiger partial charge >= 0.3 is 0 Å². The van der Waals surface area contributed by atoms with Gasteiger partial charge in [-0.1, -0.05) is 19.1 Å². The number of ether oxygens (including phenoxy) is 1. The molecule has 0 saturated carbocycles. The summed E-state index contributed by atoms with van der Waals surface area (Å²) in [6.45, 7) is 5.03. The molecule has 0 aliphatic carbocycles. The van der Waals surface area contributed by atoms with Gasteiger partial charge in [-0.15, -0.1) is 0 Å². The van der Waals surface area contributed by atoms with Crippen LogP contribution in [-0.4, -0.2) is 32.0 Å². The Kier molecular flexibility index (Phi) is 5.36. The Morgan fingerprint density at radius 1 is 1.10 bits per heavy atom. The van der Waals surface area contributed by atoms with Crippen molar-refractivity contribution >= 4 is 38.5 Å². The maximum Gasteiger partial charge on any atom is 0.221 e. The van der Waals surface area contributed by atoms with Crippen LogP contribution < -0.4 is 5.32 Å². The highest BCUT2D eigenvalue weighted by molar-refractivity contribution is 7.90. The highest BCUT2D eigenvalue weighted by Gasteiger charge is 2.45. The number of amides is 1. The van der Waals surface area contributed by atoms with Crippen LogP contribution in [0, 0.1) is 0 Å². The molecule has 2 aromatic rings. The number of hydrogen-bond acceptors (Lipinski definition) is 5. The predicted octanol–water partition coefficient (Wildman–Crippen LogP) is 3.68. The van der Waals surface area contributed by atoms with Gasteiger partial charge in [0.05, 0.1) is 10.5 Å². The monoisotopic (exact) mass is 413 g/mol. The number of ketones is 1. The molecule has 29 heavy (non-hydrogen) atoms. The van der Waals surface area contributed by atoms with E-state index < -0.39 is 15.4 Å². The van der Waals surface area contributed by atoms with Crippen molar-refractivity contribution in [3.8, 4) is 0 Å². The van der Waals surface area contributed by atoms with Crippen molar-refractivity contribution in [2.75, 3.05) is 11.6 Å². The molecule has 0 fully saturated rings. The second-order valence-corrected chi connectivity index (χ2v) is 9.29. The summed E-state index contributed by atoms with van der Waals surface area (Å²) in [5, 5.41) is 2.72. The number of sulfone groups is 1. The quantitative estimate of drug-likeness (QED) is 0.808. The minimum atomic E-state index is -3.33. The van der Waals surface area contributed by atoms with Crippen LogP contribution in [0.15, 0.2) is 53.4 Å². The average molecular weight is 413 g/mol. The third kappa shape index (κ3) is 4.10. The molecule has 1 amide bonds. The first-order valence-electron chi connectivity index (χ1n) is 9.22. The number of carbonyl (C=O) groups is 2. The van der Waals surface area contributed by atoms with Gasteiger partial charge in [-0.2, -0.15) is 0 Å². The molecular formula is C22H23NO5S. The van der Waals surface area contributed by atoms with E-state index in [1.807, 2.05) is 6.92 Å². The third-order valence-electron chi connectivity index (χ3n) is 4.95. The van der Waals surface area contributed by atoms with E-state index in [0.717, 1.165) is 6.26 Å². The molecule has 0 bridgehead atoms. The highest BCUT2D eigenvalue weighted by atomic mass is 32.2. The van der Waals surface area contributed by atoms with Gasteiger partial charge in [0.15, 0.2) is 15.4 Å². The summed E-state index contributed by atoms with van der Waals surface area (Å²) in [6.07, 6.45) is 1.62. The van der Waals surface area contributed by atoms with E-state index in [9.17, 15) is 18.0 Å². The van der Waals surface area contributed by atoms with E-state index in [-0.39, 0.29) is 16.6 Å². The summed E-state index contributed by atoms with van der Waals surface area (Å²) in [5.41, 5.74) is 1.22. The molecule has 1 aliphatic heterocycles. The number of rotatable bonds is 5. The summed E-state index contributed by atoms with van der Waals surface area (Å²) in [6, 6.07) is 13.3. The van der Waals surface area contributed by atoms with E-state index in [1.54, 1.807) is 43.3 Å². The van der Waals surface area contributed by atoms with Gasteiger partial charge < -0.3 is 10.1 Å². The van der Waals surface area contributed by atoms with Crippen molar-refractivity contribution in [1.82, 2.24) is 0 Å². The number of hydrogen-bond donors (Lipinski definition) is 1. The van der Waals surface area contributed by atoms with Crippen LogP contribution in [0.5, 0.6) is 0 Å². The predicted molar refractivity (Wildman–Crippen MR) is 112 cm³/mol. The standard InChI is InChI=1S/C22H23NO5S/c1-5-22(3)21(25)19(16-7-6-8-17(13-16)23-14(2)24)20(28-22)15-9-11-18(12-10-15)29(4,26)27/h6-13H,5H2,1-4H3,(H,23,24).